The highest BCUT2D eigenvalue weighted by molar-refractivity contribution is 14.0. The van der Waals surface area contributed by atoms with Gasteiger partial charge in [-0.25, -0.2) is 8.42 Å². The van der Waals surface area contributed by atoms with Crippen molar-refractivity contribution in [1.82, 2.24) is 10.6 Å². The third kappa shape index (κ3) is 12.6. The fourth-order valence-corrected chi connectivity index (χ4v) is 3.41. The van der Waals surface area contributed by atoms with Crippen LogP contribution in [0.15, 0.2) is 33.7 Å². The molecule has 0 aliphatic heterocycles. The van der Waals surface area contributed by atoms with Crippen LogP contribution in [0.2, 0.25) is 0 Å². The monoisotopic (exact) mass is 545 g/mol. The van der Waals surface area contributed by atoms with Crippen LogP contribution in [0.1, 0.15) is 32.3 Å². The molecule has 2 N–H and O–H groups in total. The van der Waals surface area contributed by atoms with Crippen LogP contribution in [0.3, 0.4) is 0 Å². The number of sulfone groups is 1. The average Bonchev–Trinajstić information content (AvgIpc) is 2.49. The van der Waals surface area contributed by atoms with E-state index in [0.717, 1.165) is 36.4 Å². The summed E-state index contributed by atoms with van der Waals surface area (Å²) < 4.78 is 23.6. The second-order valence-electron chi connectivity index (χ2n) is 5.96. The molecule has 1 rings (SSSR count). The number of nitrogens with zero attached hydrogens (tertiary/aromatic N) is 1. The van der Waals surface area contributed by atoms with E-state index in [0.29, 0.717) is 6.42 Å². The Kier molecular flexibility index (Phi) is 12.7. The molecule has 1 aromatic carbocycles. The van der Waals surface area contributed by atoms with Crippen LogP contribution in [-0.4, -0.2) is 45.5 Å². The molecule has 0 radical (unpaired) electrons. The Morgan fingerprint density at radius 3 is 2.68 bits per heavy atom. The maximum Gasteiger partial charge on any atom is 0.191 e. The molecule has 5 nitrogen and oxygen atoms in total. The minimum Gasteiger partial charge on any atom is -0.357 e. The lowest BCUT2D eigenvalue weighted by atomic mass is 10.1. The van der Waals surface area contributed by atoms with Crippen molar-refractivity contribution >= 4 is 55.7 Å². The Morgan fingerprint density at radius 2 is 2.08 bits per heavy atom. The second kappa shape index (κ2) is 12.9. The molecule has 8 heteroatoms. The van der Waals surface area contributed by atoms with E-state index in [9.17, 15) is 8.42 Å². The lowest BCUT2D eigenvalue weighted by molar-refractivity contribution is 0.581. The summed E-state index contributed by atoms with van der Waals surface area (Å²) in [5, 5.41) is 6.47. The van der Waals surface area contributed by atoms with Crippen molar-refractivity contribution in [3.05, 3.63) is 34.3 Å². The number of hydrogen-bond acceptors (Lipinski definition) is 3. The summed E-state index contributed by atoms with van der Waals surface area (Å²) in [6.07, 6.45) is 3.78. The van der Waals surface area contributed by atoms with Crippen LogP contribution in [0, 0.1) is 0 Å². The molecule has 1 unspecified atom stereocenters. The average molecular weight is 546 g/mol. The fraction of sp³-hybridized carbons (Fsp3) is 0.588. The van der Waals surface area contributed by atoms with Crippen LogP contribution in [0.25, 0.3) is 0 Å². The predicted octanol–water partition coefficient (Wildman–Crippen LogP) is 3.38. The van der Waals surface area contributed by atoms with Gasteiger partial charge in [0.1, 0.15) is 9.84 Å². The highest BCUT2D eigenvalue weighted by Crippen LogP contribution is 2.12. The van der Waals surface area contributed by atoms with Crippen LogP contribution >= 0.6 is 39.9 Å². The van der Waals surface area contributed by atoms with E-state index in [2.05, 4.69) is 43.7 Å². The van der Waals surface area contributed by atoms with Gasteiger partial charge in [-0.1, -0.05) is 28.1 Å². The molecule has 144 valence electrons. The first-order valence-corrected chi connectivity index (χ1v) is 11.1. The lowest BCUT2D eigenvalue weighted by Gasteiger charge is -2.17. The first-order chi connectivity index (χ1) is 11.3. The topological polar surface area (TPSA) is 70.6 Å². The molecule has 0 bridgehead atoms. The summed E-state index contributed by atoms with van der Waals surface area (Å²) in [5.74, 6) is 0.927. The molecule has 0 spiro atoms. The third-order valence-corrected chi connectivity index (χ3v) is 4.90. The normalized spacial score (nSPS) is 13.0. The van der Waals surface area contributed by atoms with E-state index >= 15 is 0 Å². The molecular formula is C17H29BrIN3O2S. The van der Waals surface area contributed by atoms with Gasteiger partial charge in [0.15, 0.2) is 5.96 Å². The number of rotatable bonds is 9. The van der Waals surface area contributed by atoms with Gasteiger partial charge in [-0.2, -0.15) is 0 Å². The van der Waals surface area contributed by atoms with Crippen LogP contribution < -0.4 is 10.6 Å². The smallest absolute Gasteiger partial charge is 0.191 e. The van der Waals surface area contributed by atoms with Gasteiger partial charge in [0.05, 0.1) is 5.75 Å². The molecule has 0 aliphatic carbocycles. The second-order valence-corrected chi connectivity index (χ2v) is 9.13. The van der Waals surface area contributed by atoms with Gasteiger partial charge >= 0.3 is 0 Å². The molecule has 0 saturated carbocycles. The van der Waals surface area contributed by atoms with E-state index in [1.54, 1.807) is 0 Å². The predicted molar refractivity (Wildman–Crippen MR) is 121 cm³/mol. The van der Waals surface area contributed by atoms with Gasteiger partial charge in [0, 0.05) is 29.9 Å². The van der Waals surface area contributed by atoms with Gasteiger partial charge in [-0.15, -0.1) is 24.0 Å². The van der Waals surface area contributed by atoms with E-state index in [-0.39, 0.29) is 35.8 Å². The number of halogens is 2. The Balaban J connectivity index is 0.00000576. The highest BCUT2D eigenvalue weighted by Gasteiger charge is 2.09. The van der Waals surface area contributed by atoms with Crippen molar-refractivity contribution in [3.8, 4) is 0 Å². The first kappa shape index (κ1) is 24.7. The summed E-state index contributed by atoms with van der Waals surface area (Å²) >= 11 is 3.48. The van der Waals surface area contributed by atoms with Crippen molar-refractivity contribution in [3.63, 3.8) is 0 Å². The van der Waals surface area contributed by atoms with Gasteiger partial charge in [0.25, 0.3) is 0 Å². The molecule has 25 heavy (non-hydrogen) atoms. The summed E-state index contributed by atoms with van der Waals surface area (Å²) in [5.41, 5.74) is 1.29. The third-order valence-electron chi connectivity index (χ3n) is 3.43. The molecule has 1 atom stereocenters. The molecule has 0 aromatic heterocycles. The highest BCUT2D eigenvalue weighted by atomic mass is 127. The number of benzene rings is 1. The van der Waals surface area contributed by atoms with Gasteiger partial charge in [-0.3, -0.25) is 4.99 Å². The summed E-state index contributed by atoms with van der Waals surface area (Å²) in [4.78, 5) is 4.57. The van der Waals surface area contributed by atoms with Crippen molar-refractivity contribution in [2.45, 2.75) is 39.2 Å². The van der Waals surface area contributed by atoms with Gasteiger partial charge in [-0.05, 0) is 50.8 Å². The van der Waals surface area contributed by atoms with Gasteiger partial charge < -0.3 is 10.6 Å². The van der Waals surface area contributed by atoms with Gasteiger partial charge in [0.2, 0.25) is 0 Å². The molecule has 0 amide bonds. The SMILES string of the molecule is CCNC(=NCCCc1cccc(Br)c1)NC(C)CCS(C)(=O)=O.I. The summed E-state index contributed by atoms with van der Waals surface area (Å²) in [7, 11) is -2.93. The zero-order valence-corrected chi connectivity index (χ0v) is 19.8. The summed E-state index contributed by atoms with van der Waals surface area (Å²) in [6, 6.07) is 8.36. The Labute approximate surface area is 177 Å². The maximum atomic E-state index is 11.2. The zero-order valence-electron chi connectivity index (χ0n) is 15.1. The number of aliphatic imine (C=N–C) groups is 1. The number of hydrogen-bond donors (Lipinski definition) is 2. The Bertz CT molecular complexity index is 639. The van der Waals surface area contributed by atoms with E-state index in [1.807, 2.05) is 26.0 Å². The van der Waals surface area contributed by atoms with Crippen LogP contribution in [-0.2, 0) is 16.3 Å². The van der Waals surface area contributed by atoms with E-state index in [1.165, 1.54) is 11.8 Å². The van der Waals surface area contributed by atoms with E-state index in [4.69, 9.17) is 0 Å². The standard InChI is InChI=1S/C17H28BrN3O2S.HI/c1-4-19-17(21-14(2)10-12-24(3,22)23)20-11-6-8-15-7-5-9-16(18)13-15;/h5,7,9,13-14H,4,6,8,10-12H2,1-3H3,(H2,19,20,21);1H. The van der Waals surface area contributed by atoms with Crippen molar-refractivity contribution in [1.29, 1.82) is 0 Å². The first-order valence-electron chi connectivity index (χ1n) is 8.27. The Hall–Kier alpha value is -0.350. The minimum absolute atomic E-state index is 0. The molecule has 0 fully saturated rings. The number of nitrogens with one attached hydrogen (secondary N) is 2. The quantitative estimate of drug-likeness (QED) is 0.216. The zero-order chi connectivity index (χ0) is 18.0. The maximum absolute atomic E-state index is 11.2. The van der Waals surface area contributed by atoms with Crippen molar-refractivity contribution in [2.24, 2.45) is 4.99 Å². The van der Waals surface area contributed by atoms with Crippen LogP contribution in [0.4, 0.5) is 0 Å². The molecule has 0 aliphatic rings. The minimum atomic E-state index is -2.93. The molecule has 1 aromatic rings. The molecule has 0 saturated heterocycles. The summed E-state index contributed by atoms with van der Waals surface area (Å²) in [6.45, 7) is 5.48. The molecular weight excluding hydrogens is 517 g/mol. The van der Waals surface area contributed by atoms with E-state index < -0.39 is 9.84 Å². The Morgan fingerprint density at radius 1 is 1.36 bits per heavy atom. The number of aryl methyl sites for hydroxylation is 1. The van der Waals surface area contributed by atoms with Crippen molar-refractivity contribution < 1.29 is 8.42 Å². The lowest BCUT2D eigenvalue weighted by Crippen LogP contribution is -2.42. The number of guanidine groups is 1. The van der Waals surface area contributed by atoms with Crippen molar-refractivity contribution in [2.75, 3.05) is 25.1 Å². The largest absolute Gasteiger partial charge is 0.357 e. The molecule has 0 heterocycles. The van der Waals surface area contributed by atoms with Crippen LogP contribution in [0.5, 0.6) is 0 Å². The fourth-order valence-electron chi connectivity index (χ4n) is 2.18.